The number of benzene rings is 1. The van der Waals surface area contributed by atoms with E-state index in [1.54, 1.807) is 12.3 Å². The summed E-state index contributed by atoms with van der Waals surface area (Å²) < 4.78 is 0. The minimum atomic E-state index is 0.0395. The van der Waals surface area contributed by atoms with Gasteiger partial charge in [0.05, 0.1) is 0 Å². The number of fused-ring (bicyclic) bond motifs is 3. The molecule has 0 radical (unpaired) electrons. The fourth-order valence-electron chi connectivity index (χ4n) is 5.82. The van der Waals surface area contributed by atoms with Gasteiger partial charge in [-0.05, 0) is 74.1 Å². The second-order valence-electron chi connectivity index (χ2n) is 9.04. The molecule has 2 aliphatic heterocycles. The van der Waals surface area contributed by atoms with E-state index in [0.717, 1.165) is 44.9 Å². The van der Waals surface area contributed by atoms with Crippen LogP contribution >= 0.6 is 0 Å². The number of amides is 2. The molecule has 4 atom stereocenters. The largest absolute Gasteiger partial charge is 0.353 e. The topological polar surface area (TPSA) is 62.3 Å². The van der Waals surface area contributed by atoms with Crippen LogP contribution in [-0.4, -0.2) is 39.8 Å². The lowest BCUT2D eigenvalue weighted by Crippen LogP contribution is -2.59. The molecule has 5 nitrogen and oxygen atoms in total. The molecule has 3 aliphatic rings. The third-order valence-electron chi connectivity index (χ3n) is 7.15. The molecule has 0 saturated carbocycles. The van der Waals surface area contributed by atoms with Crippen LogP contribution in [0, 0.1) is 0 Å². The van der Waals surface area contributed by atoms with Crippen molar-refractivity contribution in [2.24, 2.45) is 0 Å². The molecule has 3 heterocycles. The summed E-state index contributed by atoms with van der Waals surface area (Å²) in [6.45, 7) is 0. The standard InChI is InChI=1S/C25H29N3O2/c29-24(14-18-12-11-17-6-1-2-9-22(17)18)27-19-15-20-7-5-8-21(16-19)28(20)25(30)23-10-3-4-13-26-23/h1-4,6,9-10,13,18-21H,5,7-8,11-12,14-16H2,(H,27,29)/t18?,19?,20-,21+. The molecular weight excluding hydrogens is 374 g/mol. The lowest BCUT2D eigenvalue weighted by atomic mass is 9.81. The average molecular weight is 404 g/mol. The van der Waals surface area contributed by atoms with Gasteiger partial charge in [-0.1, -0.05) is 30.3 Å². The van der Waals surface area contributed by atoms with Crippen molar-refractivity contribution in [1.29, 1.82) is 0 Å². The average Bonchev–Trinajstić information content (AvgIpc) is 3.16. The SMILES string of the molecule is O=C(CC1CCc2ccccc21)NC1C[C@H]2CCC[C@@H](C1)N2C(=O)c1ccccn1. The fraction of sp³-hybridized carbons (Fsp3) is 0.480. The Bertz CT molecular complexity index is 915. The van der Waals surface area contributed by atoms with Gasteiger partial charge in [0.25, 0.3) is 5.91 Å². The van der Waals surface area contributed by atoms with Gasteiger partial charge in [0, 0.05) is 30.7 Å². The van der Waals surface area contributed by atoms with Crippen molar-refractivity contribution in [3.05, 3.63) is 65.5 Å². The number of nitrogens with one attached hydrogen (secondary N) is 1. The van der Waals surface area contributed by atoms with E-state index < -0.39 is 0 Å². The van der Waals surface area contributed by atoms with E-state index in [1.807, 2.05) is 12.1 Å². The van der Waals surface area contributed by atoms with Gasteiger partial charge in [0.1, 0.15) is 5.69 Å². The van der Waals surface area contributed by atoms with E-state index in [4.69, 9.17) is 0 Å². The van der Waals surface area contributed by atoms with Gasteiger partial charge in [-0.15, -0.1) is 0 Å². The van der Waals surface area contributed by atoms with E-state index in [1.165, 1.54) is 11.1 Å². The van der Waals surface area contributed by atoms with Gasteiger partial charge in [-0.25, -0.2) is 0 Å². The van der Waals surface area contributed by atoms with E-state index in [2.05, 4.69) is 39.5 Å². The minimum Gasteiger partial charge on any atom is -0.353 e. The number of piperidine rings is 2. The zero-order valence-corrected chi connectivity index (χ0v) is 17.3. The van der Waals surface area contributed by atoms with Crippen LogP contribution in [0.15, 0.2) is 48.7 Å². The van der Waals surface area contributed by atoms with Gasteiger partial charge < -0.3 is 10.2 Å². The first-order chi connectivity index (χ1) is 14.7. The molecule has 1 aromatic heterocycles. The van der Waals surface area contributed by atoms with Crippen molar-refractivity contribution in [3.63, 3.8) is 0 Å². The number of rotatable bonds is 4. The molecule has 1 aliphatic carbocycles. The second kappa shape index (κ2) is 8.21. The summed E-state index contributed by atoms with van der Waals surface area (Å²) in [6.07, 6.45) is 9.26. The Kier molecular flexibility index (Phi) is 5.28. The van der Waals surface area contributed by atoms with Gasteiger partial charge in [0.2, 0.25) is 5.91 Å². The lowest BCUT2D eigenvalue weighted by molar-refractivity contribution is -0.122. The maximum Gasteiger partial charge on any atom is 0.272 e. The Morgan fingerprint density at radius 2 is 1.77 bits per heavy atom. The van der Waals surface area contributed by atoms with Crippen LogP contribution in [-0.2, 0) is 11.2 Å². The Morgan fingerprint density at radius 1 is 1.00 bits per heavy atom. The Balaban J connectivity index is 1.22. The Morgan fingerprint density at radius 3 is 2.53 bits per heavy atom. The molecular formula is C25H29N3O2. The number of pyridine rings is 1. The van der Waals surface area contributed by atoms with Crippen molar-refractivity contribution in [1.82, 2.24) is 15.2 Å². The summed E-state index contributed by atoms with van der Waals surface area (Å²) in [6, 6.07) is 14.6. The van der Waals surface area contributed by atoms with Gasteiger partial charge >= 0.3 is 0 Å². The molecule has 0 spiro atoms. The van der Waals surface area contributed by atoms with E-state index >= 15 is 0 Å². The number of aryl methyl sites for hydroxylation is 1. The second-order valence-corrected chi connectivity index (χ2v) is 9.04. The zero-order valence-electron chi connectivity index (χ0n) is 17.3. The highest BCUT2D eigenvalue weighted by molar-refractivity contribution is 5.93. The van der Waals surface area contributed by atoms with Crippen LogP contribution < -0.4 is 5.32 Å². The summed E-state index contributed by atoms with van der Waals surface area (Å²) >= 11 is 0. The number of hydrogen-bond acceptors (Lipinski definition) is 3. The lowest BCUT2D eigenvalue weighted by Gasteiger charge is -2.48. The molecule has 156 valence electrons. The minimum absolute atomic E-state index is 0.0395. The van der Waals surface area contributed by atoms with E-state index in [0.29, 0.717) is 18.0 Å². The molecule has 2 unspecified atom stereocenters. The highest BCUT2D eigenvalue weighted by Gasteiger charge is 2.42. The van der Waals surface area contributed by atoms with Crippen molar-refractivity contribution < 1.29 is 9.59 Å². The first-order valence-corrected chi connectivity index (χ1v) is 11.3. The quantitative estimate of drug-likeness (QED) is 0.844. The van der Waals surface area contributed by atoms with E-state index in [9.17, 15) is 9.59 Å². The van der Waals surface area contributed by atoms with Crippen molar-refractivity contribution >= 4 is 11.8 Å². The third kappa shape index (κ3) is 3.73. The van der Waals surface area contributed by atoms with Crippen LogP contribution in [0.1, 0.15) is 72.5 Å². The first-order valence-electron chi connectivity index (χ1n) is 11.3. The van der Waals surface area contributed by atoms with Crippen molar-refractivity contribution in [3.8, 4) is 0 Å². The summed E-state index contributed by atoms with van der Waals surface area (Å²) in [7, 11) is 0. The summed E-state index contributed by atoms with van der Waals surface area (Å²) in [4.78, 5) is 32.2. The van der Waals surface area contributed by atoms with Gasteiger partial charge in [0.15, 0.2) is 0 Å². The molecule has 30 heavy (non-hydrogen) atoms. The Labute approximate surface area is 177 Å². The normalized spacial score (nSPS) is 27.4. The van der Waals surface area contributed by atoms with Gasteiger partial charge in [-0.3, -0.25) is 14.6 Å². The number of carbonyl (C=O) groups excluding carboxylic acids is 2. The molecule has 5 rings (SSSR count). The molecule has 5 heteroatoms. The zero-order chi connectivity index (χ0) is 20.5. The summed E-state index contributed by atoms with van der Waals surface area (Å²) in [5.74, 6) is 0.536. The van der Waals surface area contributed by atoms with E-state index in [-0.39, 0.29) is 29.9 Å². The smallest absolute Gasteiger partial charge is 0.272 e. The molecule has 2 aromatic rings. The van der Waals surface area contributed by atoms with Crippen molar-refractivity contribution in [2.75, 3.05) is 0 Å². The van der Waals surface area contributed by atoms with Crippen LogP contribution in [0.5, 0.6) is 0 Å². The summed E-state index contributed by atoms with van der Waals surface area (Å²) in [5.41, 5.74) is 3.27. The number of hydrogen-bond donors (Lipinski definition) is 1. The molecule has 2 bridgehead atoms. The third-order valence-corrected chi connectivity index (χ3v) is 7.15. The van der Waals surface area contributed by atoms with Crippen LogP contribution in [0.3, 0.4) is 0 Å². The van der Waals surface area contributed by atoms with Crippen molar-refractivity contribution in [2.45, 2.75) is 75.4 Å². The molecule has 2 fully saturated rings. The highest BCUT2D eigenvalue weighted by Crippen LogP contribution is 2.37. The molecule has 1 aromatic carbocycles. The number of carbonyl (C=O) groups is 2. The Hall–Kier alpha value is -2.69. The number of aromatic nitrogens is 1. The molecule has 2 saturated heterocycles. The predicted molar refractivity (Wildman–Crippen MR) is 115 cm³/mol. The maximum absolute atomic E-state index is 13.1. The first kappa shape index (κ1) is 19.3. The fourth-order valence-corrected chi connectivity index (χ4v) is 5.82. The van der Waals surface area contributed by atoms with Gasteiger partial charge in [-0.2, -0.15) is 0 Å². The maximum atomic E-state index is 13.1. The highest BCUT2D eigenvalue weighted by atomic mass is 16.2. The number of nitrogens with zero attached hydrogens (tertiary/aromatic N) is 2. The monoisotopic (exact) mass is 403 g/mol. The van der Waals surface area contributed by atoms with Crippen LogP contribution in [0.25, 0.3) is 0 Å². The van der Waals surface area contributed by atoms with Crippen LogP contribution in [0.2, 0.25) is 0 Å². The predicted octanol–water partition coefficient (Wildman–Crippen LogP) is 3.84. The van der Waals surface area contributed by atoms with Crippen LogP contribution in [0.4, 0.5) is 0 Å². The summed E-state index contributed by atoms with van der Waals surface area (Å²) in [5, 5.41) is 3.31. The molecule has 2 amide bonds. The molecule has 1 N–H and O–H groups in total.